The van der Waals surface area contributed by atoms with Crippen LogP contribution >= 0.6 is 11.6 Å². The van der Waals surface area contributed by atoms with Crippen molar-refractivity contribution < 1.29 is 4.74 Å². The van der Waals surface area contributed by atoms with Gasteiger partial charge in [-0.15, -0.1) is 11.6 Å². The molecule has 0 bridgehead atoms. The van der Waals surface area contributed by atoms with Gasteiger partial charge in [-0.05, 0) is 24.6 Å². The fourth-order valence-electron chi connectivity index (χ4n) is 2.32. The molecule has 4 heteroatoms. The van der Waals surface area contributed by atoms with Crippen LogP contribution in [0.1, 0.15) is 11.4 Å². The molecule has 0 atom stereocenters. The zero-order valence-electron chi connectivity index (χ0n) is 10.0. The molecular weight excluding hydrogens is 236 g/mol. The van der Waals surface area contributed by atoms with E-state index in [1.807, 2.05) is 14.0 Å². The number of nitrogens with zero attached hydrogens (tertiary/aromatic N) is 2. The number of imidazole rings is 1. The molecule has 1 saturated heterocycles. The monoisotopic (exact) mass is 250 g/mol. The van der Waals surface area contributed by atoms with Crippen LogP contribution in [0, 0.1) is 6.92 Å². The van der Waals surface area contributed by atoms with Crippen molar-refractivity contribution in [1.82, 2.24) is 9.55 Å². The summed E-state index contributed by atoms with van der Waals surface area (Å²) in [6.07, 6.45) is 0. The Balaban J connectivity index is 2.13. The summed E-state index contributed by atoms with van der Waals surface area (Å²) in [6, 6.07) is 6.42. The Hall–Kier alpha value is -1.06. The molecule has 90 valence electrons. The summed E-state index contributed by atoms with van der Waals surface area (Å²) < 4.78 is 7.42. The number of hydrogen-bond acceptors (Lipinski definition) is 2. The van der Waals surface area contributed by atoms with Crippen LogP contribution in [0.5, 0.6) is 0 Å². The molecule has 0 unspecified atom stereocenters. The lowest BCUT2D eigenvalue weighted by molar-refractivity contribution is -0.0479. The van der Waals surface area contributed by atoms with E-state index in [1.54, 1.807) is 0 Å². The number of benzene rings is 1. The van der Waals surface area contributed by atoms with Crippen LogP contribution in [-0.4, -0.2) is 28.6 Å². The van der Waals surface area contributed by atoms with Crippen molar-refractivity contribution in [2.24, 2.45) is 7.05 Å². The number of aryl methyl sites for hydroxylation is 2. The van der Waals surface area contributed by atoms with Gasteiger partial charge in [-0.2, -0.15) is 0 Å². The van der Waals surface area contributed by atoms with Crippen molar-refractivity contribution in [1.29, 1.82) is 0 Å². The van der Waals surface area contributed by atoms with E-state index in [0.717, 1.165) is 16.9 Å². The van der Waals surface area contributed by atoms with Crippen LogP contribution < -0.4 is 0 Å². The Kier molecular flexibility index (Phi) is 2.42. The van der Waals surface area contributed by atoms with Crippen molar-refractivity contribution >= 4 is 22.6 Å². The molecule has 1 aromatic heterocycles. The summed E-state index contributed by atoms with van der Waals surface area (Å²) in [6.45, 7) is 3.45. The molecule has 1 aliphatic rings. The second-order valence-corrected chi connectivity index (χ2v) is 5.10. The Bertz CT molecular complexity index is 567. The van der Waals surface area contributed by atoms with Gasteiger partial charge in [-0.1, -0.05) is 6.07 Å². The minimum Gasteiger partial charge on any atom is -0.379 e. The molecule has 1 fully saturated rings. The molecule has 0 radical (unpaired) electrons. The lowest BCUT2D eigenvalue weighted by Gasteiger charge is -2.40. The van der Waals surface area contributed by atoms with E-state index in [1.165, 1.54) is 5.56 Å². The van der Waals surface area contributed by atoms with Crippen LogP contribution in [0.25, 0.3) is 11.0 Å². The highest BCUT2D eigenvalue weighted by Gasteiger charge is 2.39. The largest absolute Gasteiger partial charge is 0.379 e. The van der Waals surface area contributed by atoms with Crippen molar-refractivity contribution in [3.05, 3.63) is 29.6 Å². The molecular formula is C13H15ClN2O. The highest BCUT2D eigenvalue weighted by Crippen LogP contribution is 2.35. The molecule has 1 aliphatic heterocycles. The predicted octanol–water partition coefficient (Wildman–Crippen LogP) is 2.39. The standard InChI is InChI=1S/C13H15ClN2O/c1-9-15-11-5-10(3-4-12(11)16(9)2)13(6-14)7-17-8-13/h3-5H,6-8H2,1-2H3. The SMILES string of the molecule is Cc1nc2cc(C3(CCl)COC3)ccc2n1C. The first-order valence-corrected chi connectivity index (χ1v) is 6.27. The van der Waals surface area contributed by atoms with E-state index in [4.69, 9.17) is 16.3 Å². The van der Waals surface area contributed by atoms with Crippen molar-refractivity contribution in [3.63, 3.8) is 0 Å². The zero-order chi connectivity index (χ0) is 12.0. The molecule has 3 nitrogen and oxygen atoms in total. The minimum atomic E-state index is 0.00116. The summed E-state index contributed by atoms with van der Waals surface area (Å²) in [5.74, 6) is 1.63. The van der Waals surface area contributed by atoms with E-state index in [9.17, 15) is 0 Å². The number of fused-ring (bicyclic) bond motifs is 1. The summed E-state index contributed by atoms with van der Waals surface area (Å²) in [5.41, 5.74) is 3.45. The quantitative estimate of drug-likeness (QED) is 0.766. The number of ether oxygens (including phenoxy) is 1. The van der Waals surface area contributed by atoms with Crippen molar-refractivity contribution in [2.45, 2.75) is 12.3 Å². The molecule has 0 N–H and O–H groups in total. The van der Waals surface area contributed by atoms with Crippen LogP contribution in [0.3, 0.4) is 0 Å². The second kappa shape index (κ2) is 3.72. The van der Waals surface area contributed by atoms with Gasteiger partial charge in [0.25, 0.3) is 0 Å². The van der Waals surface area contributed by atoms with Gasteiger partial charge < -0.3 is 9.30 Å². The normalized spacial score (nSPS) is 18.3. The zero-order valence-corrected chi connectivity index (χ0v) is 10.8. The van der Waals surface area contributed by atoms with E-state index < -0.39 is 0 Å². The molecule has 2 heterocycles. The number of halogens is 1. The lowest BCUT2D eigenvalue weighted by Crippen LogP contribution is -2.48. The van der Waals surface area contributed by atoms with Gasteiger partial charge in [-0.3, -0.25) is 0 Å². The van der Waals surface area contributed by atoms with Gasteiger partial charge in [0.15, 0.2) is 0 Å². The summed E-state index contributed by atoms with van der Waals surface area (Å²) in [5, 5.41) is 0. The maximum Gasteiger partial charge on any atom is 0.106 e. The first-order chi connectivity index (χ1) is 8.16. The van der Waals surface area contributed by atoms with Crippen LogP contribution in [0.4, 0.5) is 0 Å². The summed E-state index contributed by atoms with van der Waals surface area (Å²) >= 11 is 6.08. The fourth-order valence-corrected chi connectivity index (χ4v) is 2.63. The third kappa shape index (κ3) is 1.49. The Morgan fingerprint density at radius 3 is 2.82 bits per heavy atom. The molecule has 3 rings (SSSR count). The van der Waals surface area contributed by atoms with E-state index in [2.05, 4.69) is 27.8 Å². The van der Waals surface area contributed by atoms with Gasteiger partial charge in [0, 0.05) is 12.9 Å². The third-order valence-electron chi connectivity index (χ3n) is 3.73. The molecule has 1 aromatic carbocycles. The topological polar surface area (TPSA) is 27.1 Å². The molecule has 0 saturated carbocycles. The van der Waals surface area contributed by atoms with Crippen LogP contribution in [-0.2, 0) is 17.2 Å². The molecule has 0 aliphatic carbocycles. The smallest absolute Gasteiger partial charge is 0.106 e. The van der Waals surface area contributed by atoms with E-state index >= 15 is 0 Å². The first kappa shape index (κ1) is 11.1. The van der Waals surface area contributed by atoms with Gasteiger partial charge in [0.1, 0.15) is 5.82 Å². The van der Waals surface area contributed by atoms with E-state index in [0.29, 0.717) is 19.1 Å². The van der Waals surface area contributed by atoms with Gasteiger partial charge >= 0.3 is 0 Å². The summed E-state index contributed by atoms with van der Waals surface area (Å²) in [7, 11) is 2.04. The minimum absolute atomic E-state index is 0.00116. The molecule has 2 aromatic rings. The van der Waals surface area contributed by atoms with Gasteiger partial charge in [0.05, 0.1) is 29.7 Å². The average Bonchev–Trinajstić information content (AvgIpc) is 2.54. The molecule has 0 spiro atoms. The van der Waals surface area contributed by atoms with Gasteiger partial charge in [0.2, 0.25) is 0 Å². The highest BCUT2D eigenvalue weighted by molar-refractivity contribution is 6.18. The summed E-state index contributed by atoms with van der Waals surface area (Å²) in [4.78, 5) is 4.56. The Morgan fingerprint density at radius 2 is 2.24 bits per heavy atom. The molecule has 0 amide bonds. The van der Waals surface area contributed by atoms with Gasteiger partial charge in [-0.25, -0.2) is 4.98 Å². The Morgan fingerprint density at radius 1 is 1.47 bits per heavy atom. The number of hydrogen-bond donors (Lipinski definition) is 0. The number of aromatic nitrogens is 2. The van der Waals surface area contributed by atoms with Crippen molar-refractivity contribution in [2.75, 3.05) is 19.1 Å². The third-order valence-corrected chi connectivity index (χ3v) is 4.24. The maximum atomic E-state index is 6.08. The second-order valence-electron chi connectivity index (χ2n) is 4.83. The van der Waals surface area contributed by atoms with Crippen molar-refractivity contribution in [3.8, 4) is 0 Å². The fraction of sp³-hybridized carbons (Fsp3) is 0.462. The molecule has 17 heavy (non-hydrogen) atoms. The lowest BCUT2D eigenvalue weighted by atomic mass is 9.80. The van der Waals surface area contributed by atoms with E-state index in [-0.39, 0.29) is 5.41 Å². The van der Waals surface area contributed by atoms with Crippen LogP contribution in [0.15, 0.2) is 18.2 Å². The number of rotatable bonds is 2. The van der Waals surface area contributed by atoms with Crippen LogP contribution in [0.2, 0.25) is 0 Å². The predicted molar refractivity (Wildman–Crippen MR) is 68.7 cm³/mol. The Labute approximate surface area is 105 Å². The average molecular weight is 251 g/mol. The first-order valence-electron chi connectivity index (χ1n) is 5.73. The highest BCUT2D eigenvalue weighted by atomic mass is 35.5. The maximum absolute atomic E-state index is 6.08. The number of alkyl halides is 1.